The molecule has 1 aromatic carbocycles. The van der Waals surface area contributed by atoms with Gasteiger partial charge >= 0.3 is 0 Å². The second-order valence-corrected chi connectivity index (χ2v) is 11.6. The molecule has 0 spiro atoms. The molecule has 1 fully saturated rings. The summed E-state index contributed by atoms with van der Waals surface area (Å²) in [6.07, 6.45) is 7.80. The predicted octanol–water partition coefficient (Wildman–Crippen LogP) is 5.37. The highest BCUT2D eigenvalue weighted by Crippen LogP contribution is 2.38. The molecule has 1 atom stereocenters. The van der Waals surface area contributed by atoms with Crippen LogP contribution in [0.3, 0.4) is 0 Å². The first kappa shape index (κ1) is 27.1. The number of rotatable bonds is 10. The topological polar surface area (TPSA) is 73.9 Å². The minimum absolute atomic E-state index is 0.0386. The van der Waals surface area contributed by atoms with Crippen molar-refractivity contribution in [3.05, 3.63) is 52.6 Å². The summed E-state index contributed by atoms with van der Waals surface area (Å²) >= 11 is 0. The lowest BCUT2D eigenvalue weighted by atomic mass is 9.89. The number of benzene rings is 1. The molecule has 1 aromatic rings. The van der Waals surface area contributed by atoms with Gasteiger partial charge in [-0.3, -0.25) is 4.18 Å². The normalized spacial score (nSPS) is 19.3. The van der Waals surface area contributed by atoms with Crippen molar-refractivity contribution in [1.82, 2.24) is 5.32 Å². The van der Waals surface area contributed by atoms with Crippen LogP contribution >= 0.6 is 0 Å². The van der Waals surface area contributed by atoms with Gasteiger partial charge in [0.2, 0.25) is 5.79 Å². The van der Waals surface area contributed by atoms with E-state index in [0.717, 1.165) is 35.1 Å². The molecule has 1 unspecified atom stereocenters. The predicted molar refractivity (Wildman–Crippen MR) is 136 cm³/mol. The van der Waals surface area contributed by atoms with Gasteiger partial charge in [-0.2, -0.15) is 8.42 Å². The Bertz CT molecular complexity index is 988. The zero-order chi connectivity index (χ0) is 25.1. The largest absolute Gasteiger partial charge is 0.342 e. The lowest BCUT2D eigenvalue weighted by Gasteiger charge is -2.37. The molecule has 0 bridgehead atoms. The maximum atomic E-state index is 13.7. The Labute approximate surface area is 205 Å². The number of nitrogens with one attached hydrogen (secondary N) is 1. The van der Waals surface area contributed by atoms with Gasteiger partial charge in [0.05, 0.1) is 25.9 Å². The highest BCUT2D eigenvalue weighted by atomic mass is 32.2. The van der Waals surface area contributed by atoms with Gasteiger partial charge in [-0.1, -0.05) is 71.9 Å². The number of allylic oxidation sites excluding steroid dienone is 3. The van der Waals surface area contributed by atoms with Crippen LogP contribution in [0.15, 0.2) is 40.8 Å². The van der Waals surface area contributed by atoms with E-state index in [-0.39, 0.29) is 18.4 Å². The molecule has 1 saturated heterocycles. The SMILES string of the molecule is CNC(COS(=O)(=O)c1c(C(C)C)cc(C(C)C)cc1C(C)C)C1(C2=CC=CCC2)OCCO1. The van der Waals surface area contributed by atoms with Crippen molar-refractivity contribution in [1.29, 1.82) is 0 Å². The molecule has 190 valence electrons. The number of ether oxygens (including phenoxy) is 2. The van der Waals surface area contributed by atoms with Crippen molar-refractivity contribution in [2.24, 2.45) is 0 Å². The Hall–Kier alpha value is -1.51. The fourth-order valence-corrected chi connectivity index (χ4v) is 6.31. The first-order chi connectivity index (χ1) is 16.0. The van der Waals surface area contributed by atoms with Gasteiger partial charge in [-0.15, -0.1) is 0 Å². The van der Waals surface area contributed by atoms with Crippen LogP contribution in [0.25, 0.3) is 0 Å². The third-order valence-electron chi connectivity index (χ3n) is 6.70. The average molecular weight is 492 g/mol. The molecule has 0 saturated carbocycles. The number of likely N-dealkylation sites (N-methyl/N-ethyl adjacent to an activating group) is 1. The summed E-state index contributed by atoms with van der Waals surface area (Å²) in [6.45, 7) is 13.2. The van der Waals surface area contributed by atoms with Crippen LogP contribution in [0.4, 0.5) is 0 Å². The zero-order valence-corrected chi connectivity index (χ0v) is 22.5. The summed E-state index contributed by atoms with van der Waals surface area (Å²) in [5, 5.41) is 3.20. The first-order valence-corrected chi connectivity index (χ1v) is 13.8. The summed E-state index contributed by atoms with van der Waals surface area (Å²) in [7, 11) is -2.25. The van der Waals surface area contributed by atoms with E-state index in [9.17, 15) is 8.42 Å². The standard InChI is InChI=1S/C27H41NO5S/c1-18(2)21-15-23(19(3)4)26(24(16-21)20(5)6)34(29,30)33-17-25(28-7)27(31-13-14-32-27)22-11-9-8-10-12-22/h8-9,11,15-16,18-20,25,28H,10,12-14,17H2,1-7H3. The van der Waals surface area contributed by atoms with Crippen LogP contribution in [0.2, 0.25) is 0 Å². The number of hydrogen-bond donors (Lipinski definition) is 1. The smallest absolute Gasteiger partial charge is 0.297 e. The molecule has 1 aliphatic carbocycles. The van der Waals surface area contributed by atoms with Crippen LogP contribution in [0.1, 0.15) is 88.8 Å². The highest BCUT2D eigenvalue weighted by molar-refractivity contribution is 7.86. The molecule has 34 heavy (non-hydrogen) atoms. The van der Waals surface area contributed by atoms with Crippen molar-refractivity contribution < 1.29 is 22.1 Å². The minimum Gasteiger partial charge on any atom is -0.342 e. The Morgan fingerprint density at radius 3 is 2.03 bits per heavy atom. The van der Waals surface area contributed by atoms with Crippen molar-refractivity contribution in [2.75, 3.05) is 26.9 Å². The van der Waals surface area contributed by atoms with E-state index in [1.54, 1.807) is 7.05 Å². The molecule has 1 aliphatic heterocycles. The highest BCUT2D eigenvalue weighted by Gasteiger charge is 2.47. The molecular weight excluding hydrogens is 450 g/mol. The Kier molecular flexibility index (Phi) is 8.80. The average Bonchev–Trinajstić information content (AvgIpc) is 3.30. The van der Waals surface area contributed by atoms with E-state index in [0.29, 0.717) is 24.0 Å². The monoisotopic (exact) mass is 491 g/mol. The summed E-state index contributed by atoms with van der Waals surface area (Å²) in [5.41, 5.74) is 3.75. The van der Waals surface area contributed by atoms with Crippen molar-refractivity contribution >= 4 is 10.1 Å². The maximum Gasteiger partial charge on any atom is 0.297 e. The van der Waals surface area contributed by atoms with E-state index in [4.69, 9.17) is 13.7 Å². The molecule has 0 radical (unpaired) electrons. The number of hydrogen-bond acceptors (Lipinski definition) is 6. The van der Waals surface area contributed by atoms with E-state index in [1.165, 1.54) is 0 Å². The molecule has 6 nitrogen and oxygen atoms in total. The van der Waals surface area contributed by atoms with E-state index in [2.05, 4.69) is 25.2 Å². The summed E-state index contributed by atoms with van der Waals surface area (Å²) in [5.74, 6) is -0.651. The van der Waals surface area contributed by atoms with Crippen LogP contribution in [0, 0.1) is 0 Å². The third kappa shape index (κ3) is 5.49. The molecule has 0 amide bonds. The van der Waals surface area contributed by atoms with Gasteiger partial charge in [0.25, 0.3) is 10.1 Å². The van der Waals surface area contributed by atoms with Crippen molar-refractivity contribution in [2.45, 2.75) is 88.9 Å². The Morgan fingerprint density at radius 1 is 1.00 bits per heavy atom. The van der Waals surface area contributed by atoms with E-state index < -0.39 is 21.9 Å². The van der Waals surface area contributed by atoms with Crippen molar-refractivity contribution in [3.63, 3.8) is 0 Å². The quantitative estimate of drug-likeness (QED) is 0.444. The molecule has 1 N–H and O–H groups in total. The second kappa shape index (κ2) is 11.0. The maximum absolute atomic E-state index is 13.7. The van der Waals surface area contributed by atoms with Gasteiger partial charge in [0.1, 0.15) is 4.90 Å². The van der Waals surface area contributed by atoms with Gasteiger partial charge < -0.3 is 14.8 Å². The Morgan fingerprint density at radius 2 is 1.59 bits per heavy atom. The zero-order valence-electron chi connectivity index (χ0n) is 21.7. The lowest BCUT2D eigenvalue weighted by molar-refractivity contribution is -0.155. The van der Waals surface area contributed by atoms with Crippen LogP contribution in [0.5, 0.6) is 0 Å². The fourth-order valence-electron chi connectivity index (χ4n) is 4.71. The third-order valence-corrected chi connectivity index (χ3v) is 8.12. The van der Waals surface area contributed by atoms with Crippen molar-refractivity contribution in [3.8, 4) is 0 Å². The Balaban J connectivity index is 1.98. The molecule has 3 rings (SSSR count). The van der Waals surface area contributed by atoms with Crippen LogP contribution < -0.4 is 5.32 Å². The van der Waals surface area contributed by atoms with Gasteiger partial charge in [0, 0.05) is 0 Å². The molecule has 0 aromatic heterocycles. The first-order valence-electron chi connectivity index (χ1n) is 12.4. The minimum atomic E-state index is -4.03. The molecule has 1 heterocycles. The van der Waals surface area contributed by atoms with Gasteiger partial charge in [0.15, 0.2) is 0 Å². The summed E-state index contributed by atoms with van der Waals surface area (Å²) < 4.78 is 45.4. The van der Waals surface area contributed by atoms with Gasteiger partial charge in [-0.25, -0.2) is 0 Å². The summed E-state index contributed by atoms with van der Waals surface area (Å²) in [4.78, 5) is 0.305. The second-order valence-electron chi connectivity index (χ2n) is 10.1. The van der Waals surface area contributed by atoms with Gasteiger partial charge in [-0.05, 0) is 59.9 Å². The van der Waals surface area contributed by atoms with E-state index in [1.807, 2.05) is 52.0 Å². The van der Waals surface area contributed by atoms with Crippen LogP contribution in [-0.2, 0) is 23.8 Å². The van der Waals surface area contributed by atoms with Crippen LogP contribution in [-0.4, -0.2) is 47.1 Å². The lowest BCUT2D eigenvalue weighted by Crippen LogP contribution is -2.54. The molecule has 2 aliphatic rings. The fraction of sp³-hybridized carbons (Fsp3) is 0.630. The molecular formula is C27H41NO5S. The summed E-state index contributed by atoms with van der Waals surface area (Å²) in [6, 6.07) is 3.57. The van der Waals surface area contributed by atoms with E-state index >= 15 is 0 Å². The molecule has 7 heteroatoms.